The SMILES string of the molecule is CC12C3(SCCCS)c4ccccc4C1(SCCCS)c1ccccc1C2(SCCCS)c1ccccc13. The lowest BCUT2D eigenvalue weighted by Crippen LogP contribution is -2.51. The van der Waals surface area contributed by atoms with Crippen LogP contribution in [-0.2, 0) is 14.2 Å². The Hall–Kier alpha value is -0.240. The van der Waals surface area contributed by atoms with Crippen LogP contribution in [0.2, 0.25) is 0 Å². The predicted octanol–water partition coefficient (Wildman–Crippen LogP) is 8.92. The number of hydrogen-bond acceptors (Lipinski definition) is 6. The molecule has 0 saturated heterocycles. The van der Waals surface area contributed by atoms with Crippen LogP contribution >= 0.6 is 73.2 Å². The highest BCUT2D eigenvalue weighted by atomic mass is 32.2. The minimum Gasteiger partial charge on any atom is -0.179 e. The maximum absolute atomic E-state index is 4.62. The van der Waals surface area contributed by atoms with E-state index in [0.29, 0.717) is 0 Å². The third-order valence-corrected chi connectivity index (χ3v) is 15.3. The fourth-order valence-electron chi connectivity index (χ4n) is 7.86. The highest BCUT2D eigenvalue weighted by Crippen LogP contribution is 2.89. The normalized spacial score (nSPS) is 29.7. The Balaban J connectivity index is 1.75. The van der Waals surface area contributed by atoms with Crippen molar-refractivity contribution in [3.05, 3.63) is 106 Å². The summed E-state index contributed by atoms with van der Waals surface area (Å²) in [5.41, 5.74) is 9.10. The van der Waals surface area contributed by atoms with Crippen LogP contribution in [0.3, 0.4) is 0 Å². The van der Waals surface area contributed by atoms with Crippen molar-refractivity contribution in [3.63, 3.8) is 0 Å². The van der Waals surface area contributed by atoms with Crippen molar-refractivity contribution in [2.75, 3.05) is 34.5 Å². The van der Waals surface area contributed by atoms with Crippen LogP contribution in [-0.4, -0.2) is 34.5 Å². The van der Waals surface area contributed by atoms with E-state index in [4.69, 9.17) is 0 Å². The zero-order chi connectivity index (χ0) is 26.4. The first-order valence-corrected chi connectivity index (χ1v) is 18.5. The average molecular weight is 613 g/mol. The number of thioether (sulfide) groups is 3. The second-order valence-electron chi connectivity index (χ2n) is 10.6. The molecule has 3 aliphatic rings. The molecule has 6 heteroatoms. The molecule has 0 unspecified atom stereocenters. The Labute approximate surface area is 257 Å². The van der Waals surface area contributed by atoms with Crippen molar-refractivity contribution < 1.29 is 0 Å². The van der Waals surface area contributed by atoms with Crippen LogP contribution in [0.1, 0.15) is 59.6 Å². The molecule has 200 valence electrons. The second-order valence-corrected chi connectivity index (χ2v) is 15.9. The van der Waals surface area contributed by atoms with Crippen LogP contribution in [0.15, 0.2) is 72.8 Å². The molecule has 0 bridgehead atoms. The molecule has 3 aromatic rings. The fraction of sp³-hybridized carbons (Fsp3) is 0.438. The van der Waals surface area contributed by atoms with Gasteiger partial charge in [0.05, 0.1) is 14.2 Å². The standard InChI is InChI=1S/C32H36S6/c1-29-30(36-20-8-17-33)23-11-2-3-12-24(23)31(29,37-21-9-18-34)27-15-6-7-16-28(27)32(29,38-22-10-19-35)26-14-5-4-13-25(26)30/h2-7,11-16,33-35H,8-10,17-22H2,1H3. The number of benzene rings is 3. The molecule has 0 atom stereocenters. The van der Waals surface area contributed by atoms with Crippen LogP contribution in [0.25, 0.3) is 0 Å². The van der Waals surface area contributed by atoms with Gasteiger partial charge in [-0.15, -0.1) is 35.3 Å². The molecule has 0 amide bonds. The van der Waals surface area contributed by atoms with Crippen LogP contribution in [0.5, 0.6) is 0 Å². The van der Waals surface area contributed by atoms with Crippen molar-refractivity contribution >= 4 is 73.2 Å². The molecule has 0 aliphatic heterocycles. The van der Waals surface area contributed by atoms with E-state index < -0.39 is 0 Å². The highest BCUT2D eigenvalue weighted by molar-refractivity contribution is 8.03. The Morgan fingerprint density at radius 1 is 0.474 bits per heavy atom. The van der Waals surface area contributed by atoms with E-state index in [0.717, 1.165) is 53.8 Å². The van der Waals surface area contributed by atoms with Gasteiger partial charge in [0.2, 0.25) is 0 Å². The molecule has 0 N–H and O–H groups in total. The van der Waals surface area contributed by atoms with Gasteiger partial charge in [0.15, 0.2) is 0 Å². The van der Waals surface area contributed by atoms with E-state index in [2.05, 4.69) is 153 Å². The van der Waals surface area contributed by atoms with Gasteiger partial charge in [-0.05, 0) is 87.2 Å². The van der Waals surface area contributed by atoms with Crippen molar-refractivity contribution in [3.8, 4) is 0 Å². The molecule has 3 aromatic carbocycles. The number of thiol groups is 3. The largest absolute Gasteiger partial charge is 0.179 e. The van der Waals surface area contributed by atoms with Crippen molar-refractivity contribution in [2.45, 2.75) is 40.4 Å². The average Bonchev–Trinajstić information content (AvgIpc) is 3.37. The van der Waals surface area contributed by atoms with Crippen LogP contribution in [0.4, 0.5) is 0 Å². The van der Waals surface area contributed by atoms with Gasteiger partial charge in [0.25, 0.3) is 0 Å². The summed E-state index contributed by atoms with van der Waals surface area (Å²) in [7, 11) is 0. The molecule has 6 rings (SSSR count). The van der Waals surface area contributed by atoms with Crippen molar-refractivity contribution in [1.29, 1.82) is 0 Å². The van der Waals surface area contributed by atoms with E-state index in [9.17, 15) is 0 Å². The monoisotopic (exact) mass is 612 g/mol. The number of rotatable bonds is 12. The molecule has 0 fully saturated rings. The summed E-state index contributed by atoms with van der Waals surface area (Å²) in [5.74, 6) is 6.08. The van der Waals surface area contributed by atoms with Gasteiger partial charge in [-0.1, -0.05) is 79.7 Å². The summed E-state index contributed by atoms with van der Waals surface area (Å²) < 4.78 is -0.405. The van der Waals surface area contributed by atoms with Crippen LogP contribution in [0, 0.1) is 5.41 Å². The minimum absolute atomic E-state index is 0.0894. The van der Waals surface area contributed by atoms with Gasteiger partial charge in [-0.3, -0.25) is 0 Å². The molecule has 0 nitrogen and oxygen atoms in total. The first-order valence-electron chi connectivity index (χ1n) is 13.7. The molecule has 38 heavy (non-hydrogen) atoms. The van der Waals surface area contributed by atoms with Crippen molar-refractivity contribution in [2.24, 2.45) is 5.41 Å². The third kappa shape index (κ3) is 3.34. The summed E-state index contributed by atoms with van der Waals surface area (Å²) in [6.45, 7) is 2.67. The molecule has 0 heterocycles. The maximum Gasteiger partial charge on any atom is 0.0756 e. The van der Waals surface area contributed by atoms with Gasteiger partial charge in [0.1, 0.15) is 0 Å². The van der Waals surface area contributed by atoms with E-state index >= 15 is 0 Å². The van der Waals surface area contributed by atoms with Gasteiger partial charge >= 0.3 is 0 Å². The highest BCUT2D eigenvalue weighted by Gasteiger charge is 2.84. The Morgan fingerprint density at radius 2 is 0.711 bits per heavy atom. The topological polar surface area (TPSA) is 0 Å². The summed E-state index contributed by atoms with van der Waals surface area (Å²) in [6.07, 6.45) is 3.34. The lowest BCUT2D eigenvalue weighted by Gasteiger charge is -2.52. The zero-order valence-electron chi connectivity index (χ0n) is 21.9. The molecular formula is C32H36S6. The van der Waals surface area contributed by atoms with E-state index in [-0.39, 0.29) is 19.7 Å². The molecule has 0 spiro atoms. The fourth-order valence-corrected chi connectivity index (χ4v) is 14.7. The van der Waals surface area contributed by atoms with Crippen LogP contribution < -0.4 is 0 Å². The third-order valence-electron chi connectivity index (χ3n) is 9.03. The lowest BCUT2D eigenvalue weighted by molar-refractivity contribution is 0.224. The Morgan fingerprint density at radius 3 is 0.921 bits per heavy atom. The lowest BCUT2D eigenvalue weighted by atomic mass is 9.68. The second kappa shape index (κ2) is 10.9. The van der Waals surface area contributed by atoms with Gasteiger partial charge in [-0.25, -0.2) is 0 Å². The summed E-state index contributed by atoms with van der Waals surface area (Å²) >= 11 is 20.5. The molecule has 3 aliphatic carbocycles. The molecule has 0 radical (unpaired) electrons. The summed E-state index contributed by atoms with van der Waals surface area (Å²) in [6, 6.07) is 28.4. The van der Waals surface area contributed by atoms with E-state index in [1.807, 2.05) is 0 Å². The van der Waals surface area contributed by atoms with Gasteiger partial charge < -0.3 is 0 Å². The quantitative estimate of drug-likeness (QED) is 0.138. The molecular weight excluding hydrogens is 577 g/mol. The van der Waals surface area contributed by atoms with Gasteiger partial charge in [-0.2, -0.15) is 37.9 Å². The first-order chi connectivity index (χ1) is 18.6. The smallest absolute Gasteiger partial charge is 0.0756 e. The Kier molecular flexibility index (Phi) is 7.98. The van der Waals surface area contributed by atoms with Gasteiger partial charge in [0, 0.05) is 5.41 Å². The van der Waals surface area contributed by atoms with E-state index in [1.165, 1.54) is 33.4 Å². The van der Waals surface area contributed by atoms with E-state index in [1.54, 1.807) is 0 Å². The zero-order valence-corrected chi connectivity index (χ0v) is 27.0. The summed E-state index contributed by atoms with van der Waals surface area (Å²) in [4.78, 5) is 0. The number of hydrogen-bond donors (Lipinski definition) is 3. The number of fused-ring (bicyclic) bond motifs is 9. The minimum atomic E-state index is -0.135. The predicted molar refractivity (Wildman–Crippen MR) is 183 cm³/mol. The Bertz CT molecular complexity index is 1090. The summed E-state index contributed by atoms with van der Waals surface area (Å²) in [5, 5.41) is 0. The molecule has 0 saturated carbocycles. The van der Waals surface area contributed by atoms with Crippen molar-refractivity contribution in [1.82, 2.24) is 0 Å². The first kappa shape index (κ1) is 27.9. The maximum atomic E-state index is 4.62. The molecule has 0 aromatic heterocycles.